The number of carbonyl (C=O) groups is 1. The van der Waals surface area contributed by atoms with E-state index in [1.54, 1.807) is 0 Å². The second-order valence-corrected chi connectivity index (χ2v) is 2.15. The van der Waals surface area contributed by atoms with Gasteiger partial charge in [-0.05, 0) is 6.42 Å². The molecule has 0 amide bonds. The van der Waals surface area contributed by atoms with Crippen molar-refractivity contribution < 1.29 is 19.4 Å². The van der Waals surface area contributed by atoms with Gasteiger partial charge in [0, 0.05) is 13.7 Å². The van der Waals surface area contributed by atoms with Crippen LogP contribution in [-0.2, 0) is 14.3 Å². The number of aliphatic carboxylic acids is 1. The molecule has 4 heteroatoms. The summed E-state index contributed by atoms with van der Waals surface area (Å²) < 4.78 is 9.63. The minimum absolute atomic E-state index is 0.106. The van der Waals surface area contributed by atoms with E-state index < -0.39 is 12.1 Å². The second-order valence-electron chi connectivity index (χ2n) is 2.15. The van der Waals surface area contributed by atoms with Crippen molar-refractivity contribution in [1.82, 2.24) is 0 Å². The van der Waals surface area contributed by atoms with Crippen molar-refractivity contribution in [2.45, 2.75) is 19.4 Å². The molecular formula is C7H14O4. The number of hydrogen-bond acceptors (Lipinski definition) is 3. The summed E-state index contributed by atoms with van der Waals surface area (Å²) in [6, 6.07) is 0. The summed E-state index contributed by atoms with van der Waals surface area (Å²) in [5, 5.41) is 8.53. The highest BCUT2D eigenvalue weighted by atomic mass is 16.5. The van der Waals surface area contributed by atoms with E-state index in [1.165, 1.54) is 7.11 Å². The third-order valence-electron chi connectivity index (χ3n) is 1.12. The highest BCUT2D eigenvalue weighted by molar-refractivity contribution is 5.72. The Bertz CT molecular complexity index is 113. The fourth-order valence-electron chi connectivity index (χ4n) is 0.602. The van der Waals surface area contributed by atoms with Crippen molar-refractivity contribution in [3.8, 4) is 0 Å². The average Bonchev–Trinajstić information content (AvgIpc) is 1.97. The molecule has 0 fully saturated rings. The summed E-state index contributed by atoms with van der Waals surface area (Å²) in [6.45, 7) is 2.49. The molecule has 0 bridgehead atoms. The number of hydrogen-bond donors (Lipinski definition) is 1. The Morgan fingerprint density at radius 3 is 2.64 bits per heavy atom. The van der Waals surface area contributed by atoms with E-state index in [9.17, 15) is 4.79 Å². The molecule has 1 N–H and O–H groups in total. The lowest BCUT2D eigenvalue weighted by atomic mass is 10.4. The molecule has 0 spiro atoms. The molecular weight excluding hydrogens is 148 g/mol. The maximum Gasteiger partial charge on any atom is 0.335 e. The largest absolute Gasteiger partial charge is 0.479 e. The molecule has 0 rings (SSSR count). The smallest absolute Gasteiger partial charge is 0.335 e. The number of carboxylic acids is 1. The van der Waals surface area contributed by atoms with Crippen LogP contribution >= 0.6 is 0 Å². The summed E-state index contributed by atoms with van der Waals surface area (Å²) in [5.74, 6) is -0.972. The Morgan fingerprint density at radius 2 is 2.27 bits per heavy atom. The Labute approximate surface area is 66.1 Å². The van der Waals surface area contributed by atoms with Crippen molar-refractivity contribution >= 4 is 5.97 Å². The third-order valence-corrected chi connectivity index (χ3v) is 1.12. The van der Waals surface area contributed by atoms with Gasteiger partial charge in [-0.2, -0.15) is 0 Å². The van der Waals surface area contributed by atoms with Crippen LogP contribution in [0.2, 0.25) is 0 Å². The lowest BCUT2D eigenvalue weighted by molar-refractivity contribution is -0.153. The summed E-state index contributed by atoms with van der Waals surface area (Å²) in [5.41, 5.74) is 0. The first-order valence-corrected chi connectivity index (χ1v) is 3.55. The summed E-state index contributed by atoms with van der Waals surface area (Å²) in [4.78, 5) is 10.4. The lowest BCUT2D eigenvalue weighted by Crippen LogP contribution is -2.28. The Morgan fingerprint density at radius 1 is 1.64 bits per heavy atom. The fourth-order valence-corrected chi connectivity index (χ4v) is 0.602. The van der Waals surface area contributed by atoms with Crippen molar-refractivity contribution in [3.63, 3.8) is 0 Å². The zero-order valence-corrected chi connectivity index (χ0v) is 6.87. The van der Waals surface area contributed by atoms with Crippen LogP contribution < -0.4 is 0 Å². The second kappa shape index (κ2) is 6.12. The minimum atomic E-state index is -0.972. The van der Waals surface area contributed by atoms with E-state index in [4.69, 9.17) is 9.84 Å². The van der Waals surface area contributed by atoms with E-state index in [0.29, 0.717) is 6.61 Å². The van der Waals surface area contributed by atoms with E-state index >= 15 is 0 Å². The molecule has 0 aliphatic heterocycles. The van der Waals surface area contributed by atoms with Crippen LogP contribution in [0.5, 0.6) is 0 Å². The molecule has 1 unspecified atom stereocenters. The maximum absolute atomic E-state index is 10.4. The van der Waals surface area contributed by atoms with Gasteiger partial charge in [0.25, 0.3) is 0 Å². The van der Waals surface area contributed by atoms with E-state index in [-0.39, 0.29) is 6.61 Å². The maximum atomic E-state index is 10.4. The van der Waals surface area contributed by atoms with Gasteiger partial charge in [-0.15, -0.1) is 0 Å². The predicted molar refractivity (Wildman–Crippen MR) is 39.5 cm³/mol. The molecule has 1 atom stereocenters. The van der Waals surface area contributed by atoms with Crippen LogP contribution in [0.1, 0.15) is 13.3 Å². The van der Waals surface area contributed by atoms with Gasteiger partial charge in [-0.3, -0.25) is 0 Å². The summed E-state index contributed by atoms with van der Waals surface area (Å²) in [6.07, 6.45) is -0.00650. The minimum Gasteiger partial charge on any atom is -0.479 e. The Kier molecular flexibility index (Phi) is 5.78. The molecule has 4 nitrogen and oxygen atoms in total. The van der Waals surface area contributed by atoms with Gasteiger partial charge >= 0.3 is 5.97 Å². The fraction of sp³-hybridized carbons (Fsp3) is 0.857. The van der Waals surface area contributed by atoms with Crippen molar-refractivity contribution in [1.29, 1.82) is 0 Å². The van der Waals surface area contributed by atoms with Gasteiger partial charge in [0.2, 0.25) is 0 Å². The molecule has 0 heterocycles. The standard InChI is InChI=1S/C7H14O4/c1-3-4-11-6(5-10-2)7(8)9/h6H,3-5H2,1-2H3,(H,8,9). The molecule has 0 saturated heterocycles. The van der Waals surface area contributed by atoms with E-state index in [1.807, 2.05) is 6.92 Å². The first-order valence-electron chi connectivity index (χ1n) is 3.55. The predicted octanol–water partition coefficient (Wildman–Crippen LogP) is 0.513. The van der Waals surface area contributed by atoms with Gasteiger partial charge in [0.1, 0.15) is 0 Å². The zero-order chi connectivity index (χ0) is 8.69. The molecule has 11 heavy (non-hydrogen) atoms. The first kappa shape index (κ1) is 10.4. The highest BCUT2D eigenvalue weighted by Gasteiger charge is 2.16. The lowest BCUT2D eigenvalue weighted by Gasteiger charge is -2.10. The number of methoxy groups -OCH3 is 1. The van der Waals surface area contributed by atoms with Gasteiger partial charge in [-0.1, -0.05) is 6.92 Å². The van der Waals surface area contributed by atoms with Crippen LogP contribution in [0.25, 0.3) is 0 Å². The zero-order valence-electron chi connectivity index (χ0n) is 6.87. The molecule has 0 aromatic heterocycles. The number of ether oxygens (including phenoxy) is 2. The van der Waals surface area contributed by atoms with Crippen LogP contribution in [0.4, 0.5) is 0 Å². The number of rotatable bonds is 6. The normalized spacial score (nSPS) is 12.9. The van der Waals surface area contributed by atoms with Crippen LogP contribution in [0.3, 0.4) is 0 Å². The van der Waals surface area contributed by atoms with Crippen LogP contribution in [0, 0.1) is 0 Å². The quantitative estimate of drug-likeness (QED) is 0.618. The van der Waals surface area contributed by atoms with Gasteiger partial charge in [0.15, 0.2) is 6.10 Å². The van der Waals surface area contributed by atoms with Gasteiger partial charge < -0.3 is 14.6 Å². The Hall–Kier alpha value is -0.610. The van der Waals surface area contributed by atoms with Crippen molar-refractivity contribution in [3.05, 3.63) is 0 Å². The van der Waals surface area contributed by atoms with E-state index in [2.05, 4.69) is 4.74 Å². The monoisotopic (exact) mass is 162 g/mol. The molecule has 0 aliphatic rings. The molecule has 0 saturated carbocycles. The van der Waals surface area contributed by atoms with Gasteiger partial charge in [0.05, 0.1) is 6.61 Å². The third kappa shape index (κ3) is 4.75. The van der Waals surface area contributed by atoms with Crippen LogP contribution in [-0.4, -0.2) is 37.5 Å². The Balaban J connectivity index is 3.60. The topological polar surface area (TPSA) is 55.8 Å². The van der Waals surface area contributed by atoms with Crippen molar-refractivity contribution in [2.75, 3.05) is 20.3 Å². The first-order chi connectivity index (χ1) is 5.22. The van der Waals surface area contributed by atoms with Gasteiger partial charge in [-0.25, -0.2) is 4.79 Å². The van der Waals surface area contributed by atoms with Crippen LogP contribution in [0.15, 0.2) is 0 Å². The summed E-state index contributed by atoms with van der Waals surface area (Å²) >= 11 is 0. The average molecular weight is 162 g/mol. The molecule has 0 aliphatic carbocycles. The molecule has 0 aromatic rings. The van der Waals surface area contributed by atoms with E-state index in [0.717, 1.165) is 6.42 Å². The SMILES string of the molecule is CCCOC(COC)C(=O)O. The molecule has 0 radical (unpaired) electrons. The molecule has 66 valence electrons. The van der Waals surface area contributed by atoms with Crippen molar-refractivity contribution in [2.24, 2.45) is 0 Å². The highest BCUT2D eigenvalue weighted by Crippen LogP contribution is 1.94. The molecule has 0 aromatic carbocycles. The number of carboxylic acid groups (broad SMARTS) is 1. The summed E-state index contributed by atoms with van der Waals surface area (Å²) in [7, 11) is 1.45.